The molecule has 0 radical (unpaired) electrons. The van der Waals surface area contributed by atoms with Crippen molar-refractivity contribution in [1.82, 2.24) is 5.32 Å². The van der Waals surface area contributed by atoms with Gasteiger partial charge < -0.3 is 19.7 Å². The Morgan fingerprint density at radius 2 is 1.83 bits per heavy atom. The number of hydrogen-bond acceptors (Lipinski definition) is 6. The summed E-state index contributed by atoms with van der Waals surface area (Å²) in [4.78, 5) is 28.2. The number of esters is 1. The zero-order valence-electron chi connectivity index (χ0n) is 18.4. The molecule has 0 spiro atoms. The SMILES string of the molecule is CCN(CC)c1ccc([C@@H]2C(C(=O)OCCOC)=C(C)NC3=C2C(=O)CCC3)cc1. The van der Waals surface area contributed by atoms with E-state index in [2.05, 4.69) is 36.2 Å². The summed E-state index contributed by atoms with van der Waals surface area (Å²) >= 11 is 0. The van der Waals surface area contributed by atoms with E-state index in [4.69, 9.17) is 9.47 Å². The first-order valence-corrected chi connectivity index (χ1v) is 10.8. The Labute approximate surface area is 178 Å². The molecule has 1 N–H and O–H groups in total. The largest absolute Gasteiger partial charge is 0.460 e. The highest BCUT2D eigenvalue weighted by Gasteiger charge is 2.39. The van der Waals surface area contributed by atoms with Crippen molar-refractivity contribution in [2.45, 2.75) is 46.0 Å². The number of carbonyl (C=O) groups excluding carboxylic acids is 2. The zero-order chi connectivity index (χ0) is 21.7. The minimum absolute atomic E-state index is 0.108. The molecule has 0 saturated carbocycles. The minimum atomic E-state index is -0.408. The van der Waals surface area contributed by atoms with E-state index in [9.17, 15) is 9.59 Å². The molecule has 1 aliphatic carbocycles. The van der Waals surface area contributed by atoms with Crippen LogP contribution in [0.2, 0.25) is 0 Å². The second-order valence-electron chi connectivity index (χ2n) is 7.66. The van der Waals surface area contributed by atoms with Gasteiger partial charge in [0.2, 0.25) is 0 Å². The van der Waals surface area contributed by atoms with Crippen LogP contribution in [0.5, 0.6) is 0 Å². The highest BCUT2D eigenvalue weighted by atomic mass is 16.6. The summed E-state index contributed by atoms with van der Waals surface area (Å²) in [5, 5.41) is 3.32. The first-order chi connectivity index (χ1) is 14.5. The van der Waals surface area contributed by atoms with Crippen LogP contribution in [0.3, 0.4) is 0 Å². The third-order valence-corrected chi connectivity index (χ3v) is 5.87. The molecular formula is C24H32N2O4. The summed E-state index contributed by atoms with van der Waals surface area (Å²) in [5.74, 6) is -0.703. The lowest BCUT2D eigenvalue weighted by molar-refractivity contribution is -0.140. The molecule has 1 aromatic carbocycles. The lowest BCUT2D eigenvalue weighted by atomic mass is 9.75. The van der Waals surface area contributed by atoms with Crippen molar-refractivity contribution < 1.29 is 19.1 Å². The van der Waals surface area contributed by atoms with Crippen LogP contribution >= 0.6 is 0 Å². The predicted octanol–water partition coefficient (Wildman–Crippen LogP) is 3.69. The number of Topliss-reactive ketones (excluding diaryl/α,β-unsaturated/α-hetero) is 1. The molecule has 0 unspecified atom stereocenters. The minimum Gasteiger partial charge on any atom is -0.460 e. The number of anilines is 1. The Morgan fingerprint density at radius 3 is 2.47 bits per heavy atom. The average Bonchev–Trinajstić information content (AvgIpc) is 2.74. The molecule has 0 amide bonds. The Bertz CT molecular complexity index is 850. The Kier molecular flexibility index (Phi) is 7.32. The van der Waals surface area contributed by atoms with Gasteiger partial charge in [-0.2, -0.15) is 0 Å². The number of hydrogen-bond donors (Lipinski definition) is 1. The van der Waals surface area contributed by atoms with Crippen LogP contribution in [-0.2, 0) is 19.1 Å². The number of benzene rings is 1. The van der Waals surface area contributed by atoms with Gasteiger partial charge in [0, 0.05) is 55.2 Å². The summed E-state index contributed by atoms with van der Waals surface area (Å²) in [6.45, 7) is 8.50. The molecule has 6 nitrogen and oxygen atoms in total. The monoisotopic (exact) mass is 412 g/mol. The number of carbonyl (C=O) groups is 2. The molecule has 0 fully saturated rings. The summed E-state index contributed by atoms with van der Waals surface area (Å²) < 4.78 is 10.5. The lowest BCUT2D eigenvalue weighted by Gasteiger charge is -2.34. The topological polar surface area (TPSA) is 67.9 Å². The van der Waals surface area contributed by atoms with Crippen LogP contribution in [0.25, 0.3) is 0 Å². The number of dihydropyridines is 1. The van der Waals surface area contributed by atoms with E-state index in [0.717, 1.165) is 48.6 Å². The Hall–Kier alpha value is -2.60. The van der Waals surface area contributed by atoms with E-state index < -0.39 is 11.9 Å². The first-order valence-electron chi connectivity index (χ1n) is 10.8. The molecule has 1 atom stereocenters. The molecule has 0 saturated heterocycles. The van der Waals surface area contributed by atoms with Crippen molar-refractivity contribution in [3.63, 3.8) is 0 Å². The number of ketones is 1. The fourth-order valence-electron chi connectivity index (χ4n) is 4.35. The highest BCUT2D eigenvalue weighted by molar-refractivity contribution is 6.03. The van der Waals surface area contributed by atoms with Crippen molar-refractivity contribution in [1.29, 1.82) is 0 Å². The predicted molar refractivity (Wildman–Crippen MR) is 117 cm³/mol. The third kappa shape index (κ3) is 4.43. The maximum Gasteiger partial charge on any atom is 0.336 e. The second-order valence-corrected chi connectivity index (χ2v) is 7.66. The van der Waals surface area contributed by atoms with Crippen molar-refractivity contribution in [3.8, 4) is 0 Å². The van der Waals surface area contributed by atoms with E-state index in [0.29, 0.717) is 24.2 Å². The van der Waals surface area contributed by atoms with Crippen molar-refractivity contribution in [2.75, 3.05) is 38.3 Å². The summed E-state index contributed by atoms with van der Waals surface area (Å²) in [7, 11) is 1.57. The van der Waals surface area contributed by atoms with Gasteiger partial charge in [-0.05, 0) is 51.3 Å². The fraction of sp³-hybridized carbons (Fsp3) is 0.500. The van der Waals surface area contributed by atoms with Gasteiger partial charge in [-0.25, -0.2) is 4.79 Å². The molecule has 3 rings (SSSR count). The lowest BCUT2D eigenvalue weighted by Crippen LogP contribution is -2.34. The molecule has 6 heteroatoms. The number of nitrogens with one attached hydrogen (secondary N) is 1. The Morgan fingerprint density at radius 1 is 1.13 bits per heavy atom. The van der Waals surface area contributed by atoms with Gasteiger partial charge in [0.15, 0.2) is 5.78 Å². The number of ether oxygens (including phenoxy) is 2. The zero-order valence-corrected chi connectivity index (χ0v) is 18.4. The van der Waals surface area contributed by atoms with E-state index in [1.807, 2.05) is 19.1 Å². The molecule has 30 heavy (non-hydrogen) atoms. The van der Waals surface area contributed by atoms with Crippen molar-refractivity contribution in [2.24, 2.45) is 0 Å². The van der Waals surface area contributed by atoms with Gasteiger partial charge in [0.1, 0.15) is 6.61 Å². The van der Waals surface area contributed by atoms with Crippen molar-refractivity contribution in [3.05, 3.63) is 52.4 Å². The van der Waals surface area contributed by atoms with Crippen LogP contribution in [0, 0.1) is 0 Å². The van der Waals surface area contributed by atoms with Gasteiger partial charge in [0.05, 0.1) is 12.2 Å². The van der Waals surface area contributed by atoms with Gasteiger partial charge in [-0.15, -0.1) is 0 Å². The summed E-state index contributed by atoms with van der Waals surface area (Å²) in [6, 6.07) is 8.21. The maximum absolute atomic E-state index is 13.0. The summed E-state index contributed by atoms with van der Waals surface area (Å²) in [6.07, 6.45) is 2.16. The van der Waals surface area contributed by atoms with Crippen LogP contribution in [0.1, 0.15) is 51.5 Å². The Balaban J connectivity index is 2.02. The molecule has 162 valence electrons. The molecule has 2 aliphatic rings. The number of nitrogens with zero attached hydrogens (tertiary/aromatic N) is 1. The number of rotatable bonds is 8. The number of methoxy groups -OCH3 is 1. The van der Waals surface area contributed by atoms with Crippen LogP contribution in [0.4, 0.5) is 5.69 Å². The normalized spacial score (nSPS) is 18.8. The maximum atomic E-state index is 13.0. The molecule has 1 aromatic rings. The molecule has 1 heterocycles. The smallest absolute Gasteiger partial charge is 0.336 e. The van der Waals surface area contributed by atoms with Crippen LogP contribution < -0.4 is 10.2 Å². The quantitative estimate of drug-likeness (QED) is 0.519. The first kappa shape index (κ1) is 22.1. The van der Waals surface area contributed by atoms with Gasteiger partial charge in [-0.3, -0.25) is 4.79 Å². The fourth-order valence-corrected chi connectivity index (χ4v) is 4.35. The third-order valence-electron chi connectivity index (χ3n) is 5.87. The average molecular weight is 413 g/mol. The molecule has 0 bridgehead atoms. The van der Waals surface area contributed by atoms with Gasteiger partial charge in [0.25, 0.3) is 0 Å². The molecular weight excluding hydrogens is 380 g/mol. The van der Waals surface area contributed by atoms with Gasteiger partial charge in [-0.1, -0.05) is 12.1 Å². The van der Waals surface area contributed by atoms with Crippen LogP contribution in [-0.4, -0.2) is 45.2 Å². The van der Waals surface area contributed by atoms with Gasteiger partial charge >= 0.3 is 5.97 Å². The van der Waals surface area contributed by atoms with E-state index in [1.54, 1.807) is 7.11 Å². The van der Waals surface area contributed by atoms with E-state index >= 15 is 0 Å². The molecule has 1 aliphatic heterocycles. The second kappa shape index (κ2) is 9.94. The van der Waals surface area contributed by atoms with Crippen LogP contribution in [0.15, 0.2) is 46.8 Å². The highest BCUT2D eigenvalue weighted by Crippen LogP contribution is 2.42. The molecule has 0 aromatic heterocycles. The summed E-state index contributed by atoms with van der Waals surface area (Å²) in [5.41, 5.74) is 4.98. The van der Waals surface area contributed by atoms with Crippen molar-refractivity contribution >= 4 is 17.4 Å². The van der Waals surface area contributed by atoms with E-state index in [1.165, 1.54) is 0 Å². The van der Waals surface area contributed by atoms with E-state index in [-0.39, 0.29) is 12.4 Å². The number of allylic oxidation sites excluding steroid dienone is 3. The standard InChI is InChI=1S/C24H32N2O4/c1-5-26(6-2)18-12-10-17(11-13-18)22-21(24(28)30-15-14-29-4)16(3)25-19-8-7-9-20(27)23(19)22/h10-13,22,25H,5-9,14-15H2,1-4H3/t22-/m1/s1.